The van der Waals surface area contributed by atoms with Crippen LogP contribution >= 0.6 is 0 Å². The first-order valence-electron chi connectivity index (χ1n) is 8.85. The number of likely N-dealkylation sites (N-methyl/N-ethyl adjacent to an activating group) is 1. The van der Waals surface area contributed by atoms with Crippen molar-refractivity contribution in [1.82, 2.24) is 4.90 Å². The summed E-state index contributed by atoms with van der Waals surface area (Å²) in [5.74, 6) is 0.903. The summed E-state index contributed by atoms with van der Waals surface area (Å²) < 4.78 is 5.80. The zero-order valence-electron chi connectivity index (χ0n) is 13.8. The second-order valence-electron chi connectivity index (χ2n) is 6.98. The van der Waals surface area contributed by atoms with E-state index in [0.29, 0.717) is 19.2 Å². The van der Waals surface area contributed by atoms with E-state index in [1.165, 1.54) is 62.5 Å². The summed E-state index contributed by atoms with van der Waals surface area (Å²) in [5, 5.41) is 10.2. The van der Waals surface area contributed by atoms with Crippen LogP contribution in [0.1, 0.15) is 49.7 Å². The van der Waals surface area contributed by atoms with Gasteiger partial charge in [-0.15, -0.1) is 0 Å². The second kappa shape index (κ2) is 7.47. The van der Waals surface area contributed by atoms with Gasteiger partial charge in [-0.25, -0.2) is 0 Å². The van der Waals surface area contributed by atoms with Gasteiger partial charge in [0.05, 0.1) is 0 Å². The van der Waals surface area contributed by atoms with Gasteiger partial charge < -0.3 is 14.7 Å². The van der Waals surface area contributed by atoms with Crippen LogP contribution in [-0.4, -0.2) is 42.4 Å². The van der Waals surface area contributed by atoms with Crippen molar-refractivity contribution < 1.29 is 9.84 Å². The minimum Gasteiger partial charge on any atom is -0.491 e. The third kappa shape index (κ3) is 4.02. The molecule has 1 aromatic rings. The van der Waals surface area contributed by atoms with Crippen molar-refractivity contribution in [2.75, 3.05) is 20.2 Å². The van der Waals surface area contributed by atoms with Gasteiger partial charge in [0.2, 0.25) is 0 Å². The molecule has 0 amide bonds. The van der Waals surface area contributed by atoms with Crippen LogP contribution in [0.2, 0.25) is 0 Å². The van der Waals surface area contributed by atoms with Gasteiger partial charge >= 0.3 is 0 Å². The molecule has 0 aromatic heterocycles. The molecule has 122 valence electrons. The van der Waals surface area contributed by atoms with E-state index in [2.05, 4.69) is 24.1 Å². The maximum absolute atomic E-state index is 10.2. The number of benzene rings is 1. The van der Waals surface area contributed by atoms with Gasteiger partial charge in [-0.1, -0.05) is 25.3 Å². The van der Waals surface area contributed by atoms with Gasteiger partial charge in [0.15, 0.2) is 0 Å². The Morgan fingerprint density at radius 3 is 2.73 bits per heavy atom. The fourth-order valence-electron chi connectivity index (χ4n) is 3.89. The number of aliphatic hydroxyl groups is 1. The van der Waals surface area contributed by atoms with E-state index in [9.17, 15) is 5.11 Å². The minimum atomic E-state index is -0.416. The first kappa shape index (κ1) is 15.8. The van der Waals surface area contributed by atoms with Crippen molar-refractivity contribution in [3.8, 4) is 5.75 Å². The first-order chi connectivity index (χ1) is 10.7. The quantitative estimate of drug-likeness (QED) is 0.876. The molecule has 1 atom stereocenters. The highest BCUT2D eigenvalue weighted by Crippen LogP contribution is 2.26. The summed E-state index contributed by atoms with van der Waals surface area (Å²) in [6.07, 6.45) is 9.78. The number of ether oxygens (including phenoxy) is 1. The van der Waals surface area contributed by atoms with Gasteiger partial charge in [-0.3, -0.25) is 0 Å². The Balaban J connectivity index is 1.44. The predicted octanol–water partition coefficient (Wildman–Crippen LogP) is 3.18. The topological polar surface area (TPSA) is 32.7 Å². The molecule has 1 saturated carbocycles. The molecule has 2 aliphatic carbocycles. The molecule has 22 heavy (non-hydrogen) atoms. The molecule has 0 aliphatic heterocycles. The van der Waals surface area contributed by atoms with Gasteiger partial charge in [0.25, 0.3) is 0 Å². The lowest BCUT2D eigenvalue weighted by Gasteiger charge is -2.32. The molecule has 0 heterocycles. The third-order valence-electron chi connectivity index (χ3n) is 5.21. The van der Waals surface area contributed by atoms with Crippen molar-refractivity contribution >= 4 is 0 Å². The fourth-order valence-corrected chi connectivity index (χ4v) is 3.89. The lowest BCUT2D eigenvalue weighted by Crippen LogP contribution is -2.40. The highest BCUT2D eigenvalue weighted by molar-refractivity contribution is 5.38. The number of nitrogens with zero attached hydrogens (tertiary/aromatic N) is 1. The lowest BCUT2D eigenvalue weighted by atomic mass is 9.94. The Labute approximate surface area is 134 Å². The van der Waals surface area contributed by atoms with E-state index in [-0.39, 0.29) is 0 Å². The summed E-state index contributed by atoms with van der Waals surface area (Å²) in [6, 6.07) is 7.02. The maximum Gasteiger partial charge on any atom is 0.119 e. The normalized spacial score (nSPS) is 20.1. The largest absolute Gasteiger partial charge is 0.491 e. The van der Waals surface area contributed by atoms with Crippen molar-refractivity contribution in [3.05, 3.63) is 29.3 Å². The minimum absolute atomic E-state index is 0.385. The molecular weight excluding hydrogens is 274 g/mol. The SMILES string of the molecule is CN(CC(O)COc1ccc2c(c1)CCC2)C1CCCCC1. The average Bonchev–Trinajstić information content (AvgIpc) is 3.01. The van der Waals surface area contributed by atoms with Crippen LogP contribution in [0.3, 0.4) is 0 Å². The van der Waals surface area contributed by atoms with Gasteiger partial charge in [0, 0.05) is 12.6 Å². The number of hydrogen-bond donors (Lipinski definition) is 1. The van der Waals surface area contributed by atoms with Crippen molar-refractivity contribution in [1.29, 1.82) is 0 Å². The molecule has 2 aliphatic rings. The Hall–Kier alpha value is -1.06. The monoisotopic (exact) mass is 303 g/mol. The van der Waals surface area contributed by atoms with Crippen molar-refractivity contribution in [2.24, 2.45) is 0 Å². The summed E-state index contributed by atoms with van der Waals surface area (Å²) in [5.41, 5.74) is 2.89. The first-order valence-corrected chi connectivity index (χ1v) is 8.85. The maximum atomic E-state index is 10.2. The number of aliphatic hydroxyl groups excluding tert-OH is 1. The Bertz CT molecular complexity index is 482. The Morgan fingerprint density at radius 2 is 1.91 bits per heavy atom. The summed E-state index contributed by atoms with van der Waals surface area (Å²) in [7, 11) is 2.13. The standard InChI is InChI=1S/C19H29NO2/c1-20(17-8-3-2-4-9-17)13-18(21)14-22-19-11-10-15-6-5-7-16(15)12-19/h10-12,17-18,21H,2-9,13-14H2,1H3. The Kier molecular flexibility index (Phi) is 5.37. The van der Waals surface area contributed by atoms with E-state index in [0.717, 1.165) is 5.75 Å². The van der Waals surface area contributed by atoms with E-state index < -0.39 is 6.10 Å². The summed E-state index contributed by atoms with van der Waals surface area (Å²) >= 11 is 0. The van der Waals surface area contributed by atoms with Crippen LogP contribution < -0.4 is 4.74 Å². The van der Waals surface area contributed by atoms with E-state index >= 15 is 0 Å². The second-order valence-corrected chi connectivity index (χ2v) is 6.98. The highest BCUT2D eigenvalue weighted by atomic mass is 16.5. The molecule has 0 saturated heterocycles. The predicted molar refractivity (Wildman–Crippen MR) is 89.5 cm³/mol. The molecule has 3 nitrogen and oxygen atoms in total. The van der Waals surface area contributed by atoms with Crippen molar-refractivity contribution in [3.63, 3.8) is 0 Å². The smallest absolute Gasteiger partial charge is 0.119 e. The molecule has 1 aromatic carbocycles. The highest BCUT2D eigenvalue weighted by Gasteiger charge is 2.20. The number of rotatable bonds is 6. The number of aryl methyl sites for hydroxylation is 2. The summed E-state index contributed by atoms with van der Waals surface area (Å²) in [4.78, 5) is 2.32. The zero-order chi connectivity index (χ0) is 15.4. The van der Waals surface area contributed by atoms with Gasteiger partial charge in [0.1, 0.15) is 18.5 Å². The summed E-state index contributed by atoms with van der Waals surface area (Å²) in [6.45, 7) is 1.09. The van der Waals surface area contributed by atoms with Crippen LogP contribution in [-0.2, 0) is 12.8 Å². The van der Waals surface area contributed by atoms with Crippen LogP contribution in [0.4, 0.5) is 0 Å². The lowest BCUT2D eigenvalue weighted by molar-refractivity contribution is 0.0561. The number of fused-ring (bicyclic) bond motifs is 1. The van der Waals surface area contributed by atoms with Gasteiger partial charge in [-0.2, -0.15) is 0 Å². The van der Waals surface area contributed by atoms with E-state index in [4.69, 9.17) is 4.74 Å². The molecule has 3 rings (SSSR count). The molecule has 1 unspecified atom stereocenters. The molecule has 0 spiro atoms. The van der Waals surface area contributed by atoms with Crippen LogP contribution in [0.5, 0.6) is 5.75 Å². The zero-order valence-corrected chi connectivity index (χ0v) is 13.8. The molecule has 1 fully saturated rings. The Morgan fingerprint density at radius 1 is 1.14 bits per heavy atom. The average molecular weight is 303 g/mol. The van der Waals surface area contributed by atoms with Gasteiger partial charge in [-0.05, 0) is 62.4 Å². The van der Waals surface area contributed by atoms with Crippen LogP contribution in [0.25, 0.3) is 0 Å². The van der Waals surface area contributed by atoms with E-state index in [1.807, 2.05) is 6.07 Å². The fraction of sp³-hybridized carbons (Fsp3) is 0.684. The molecular formula is C19H29NO2. The van der Waals surface area contributed by atoms with Crippen molar-refractivity contribution in [2.45, 2.75) is 63.5 Å². The molecule has 0 bridgehead atoms. The molecule has 0 radical (unpaired) electrons. The van der Waals surface area contributed by atoms with Crippen LogP contribution in [0.15, 0.2) is 18.2 Å². The third-order valence-corrected chi connectivity index (χ3v) is 5.21. The van der Waals surface area contributed by atoms with E-state index in [1.54, 1.807) is 0 Å². The van der Waals surface area contributed by atoms with Crippen LogP contribution in [0, 0.1) is 0 Å². The molecule has 3 heteroatoms. The molecule has 1 N–H and O–H groups in total. The number of hydrogen-bond acceptors (Lipinski definition) is 3.